The number of hydrogen-bond acceptors (Lipinski definition) is 6. The highest BCUT2D eigenvalue weighted by molar-refractivity contribution is 6.06. The summed E-state index contributed by atoms with van der Waals surface area (Å²) in [6.07, 6.45) is 5.29. The van der Waals surface area contributed by atoms with E-state index in [2.05, 4.69) is 10.6 Å². The summed E-state index contributed by atoms with van der Waals surface area (Å²) in [5, 5.41) is 26.5. The van der Waals surface area contributed by atoms with E-state index < -0.39 is 11.9 Å². The number of imide groups is 1. The summed E-state index contributed by atoms with van der Waals surface area (Å²) in [4.78, 5) is 38.2. The summed E-state index contributed by atoms with van der Waals surface area (Å²) in [5.41, 5.74) is 2.98. The molecule has 2 aromatic rings. The van der Waals surface area contributed by atoms with Crippen LogP contribution in [-0.2, 0) is 16.1 Å². The first-order chi connectivity index (χ1) is 16.4. The minimum atomic E-state index is -0.698. The van der Waals surface area contributed by atoms with Crippen molar-refractivity contribution in [2.45, 2.75) is 31.3 Å². The number of piperidine rings is 1. The maximum Gasteiger partial charge on any atom is 0.255 e. The second-order valence-corrected chi connectivity index (χ2v) is 8.47. The molecular formula is C26H23N3O5. The maximum atomic E-state index is 13.0. The molecule has 0 aromatic heterocycles. The fraction of sp³-hybridized carbons (Fsp3) is 0.192. The van der Waals surface area contributed by atoms with Crippen molar-refractivity contribution in [3.05, 3.63) is 101 Å². The summed E-state index contributed by atoms with van der Waals surface area (Å²) in [5.74, 6) is -1.43. The fourth-order valence-electron chi connectivity index (χ4n) is 4.59. The molecule has 172 valence electrons. The SMILES string of the molecule is O=C1CCC(N2Cc3c(NC=C4C(O)=CC(c5ccccc5)C=C4O)cccc3C2=O)C(=O)N1. The Balaban J connectivity index is 1.37. The van der Waals surface area contributed by atoms with Crippen LogP contribution < -0.4 is 10.6 Å². The normalized spacial score (nSPS) is 22.1. The third-order valence-corrected chi connectivity index (χ3v) is 6.37. The lowest BCUT2D eigenvalue weighted by Crippen LogP contribution is -2.52. The number of anilines is 1. The van der Waals surface area contributed by atoms with Crippen LogP contribution in [0.4, 0.5) is 5.69 Å². The Morgan fingerprint density at radius 1 is 0.971 bits per heavy atom. The summed E-state index contributed by atoms with van der Waals surface area (Å²) < 4.78 is 0. The molecule has 4 N–H and O–H groups in total. The smallest absolute Gasteiger partial charge is 0.255 e. The minimum Gasteiger partial charge on any atom is -0.507 e. The second kappa shape index (κ2) is 8.55. The summed E-state index contributed by atoms with van der Waals surface area (Å²) >= 11 is 0. The number of aliphatic hydroxyl groups excluding tert-OH is 2. The van der Waals surface area contributed by atoms with Crippen molar-refractivity contribution < 1.29 is 24.6 Å². The Bertz CT molecular complexity index is 1260. The van der Waals surface area contributed by atoms with Crippen LogP contribution in [0.25, 0.3) is 0 Å². The highest BCUT2D eigenvalue weighted by Crippen LogP contribution is 2.34. The number of aliphatic hydroxyl groups is 2. The predicted octanol–water partition coefficient (Wildman–Crippen LogP) is 3.42. The second-order valence-electron chi connectivity index (χ2n) is 8.47. The van der Waals surface area contributed by atoms with E-state index >= 15 is 0 Å². The predicted molar refractivity (Wildman–Crippen MR) is 125 cm³/mol. The molecule has 2 aliphatic heterocycles. The van der Waals surface area contributed by atoms with E-state index in [1.54, 1.807) is 30.4 Å². The Morgan fingerprint density at radius 3 is 2.41 bits per heavy atom. The third-order valence-electron chi connectivity index (χ3n) is 6.37. The van der Waals surface area contributed by atoms with E-state index in [1.807, 2.05) is 30.3 Å². The van der Waals surface area contributed by atoms with Crippen molar-refractivity contribution in [3.63, 3.8) is 0 Å². The van der Waals surface area contributed by atoms with E-state index in [-0.39, 0.29) is 54.2 Å². The van der Waals surface area contributed by atoms with E-state index in [0.29, 0.717) is 16.8 Å². The van der Waals surface area contributed by atoms with Gasteiger partial charge in [-0.3, -0.25) is 19.7 Å². The summed E-state index contributed by atoms with van der Waals surface area (Å²) in [6.45, 7) is 0.215. The molecule has 1 unspecified atom stereocenters. The summed E-state index contributed by atoms with van der Waals surface area (Å²) in [6, 6.07) is 14.0. The van der Waals surface area contributed by atoms with Crippen molar-refractivity contribution in [1.82, 2.24) is 10.2 Å². The van der Waals surface area contributed by atoms with Crippen molar-refractivity contribution in [2.24, 2.45) is 0 Å². The van der Waals surface area contributed by atoms with E-state index in [4.69, 9.17) is 0 Å². The Morgan fingerprint density at radius 2 is 1.71 bits per heavy atom. The number of benzene rings is 2. The van der Waals surface area contributed by atoms with Crippen molar-refractivity contribution in [3.8, 4) is 0 Å². The third kappa shape index (κ3) is 3.83. The van der Waals surface area contributed by atoms with Crippen LogP contribution in [0.5, 0.6) is 0 Å². The van der Waals surface area contributed by atoms with Gasteiger partial charge in [-0.2, -0.15) is 0 Å². The van der Waals surface area contributed by atoms with Gasteiger partial charge >= 0.3 is 0 Å². The van der Waals surface area contributed by atoms with Gasteiger partial charge in [0.2, 0.25) is 11.8 Å². The fourth-order valence-corrected chi connectivity index (χ4v) is 4.59. The van der Waals surface area contributed by atoms with Crippen LogP contribution >= 0.6 is 0 Å². The molecule has 5 rings (SSSR count). The number of carbonyl (C=O) groups excluding carboxylic acids is 3. The van der Waals surface area contributed by atoms with Crippen LogP contribution in [0.15, 0.2) is 84.0 Å². The number of fused-ring (bicyclic) bond motifs is 1. The molecule has 3 amide bonds. The molecule has 8 nitrogen and oxygen atoms in total. The highest BCUT2D eigenvalue weighted by Gasteiger charge is 2.39. The molecular weight excluding hydrogens is 434 g/mol. The average molecular weight is 457 g/mol. The van der Waals surface area contributed by atoms with Gasteiger partial charge < -0.3 is 20.4 Å². The number of rotatable bonds is 4. The Kier molecular flexibility index (Phi) is 5.41. The van der Waals surface area contributed by atoms with Crippen LogP contribution in [0.3, 0.4) is 0 Å². The molecule has 2 aromatic carbocycles. The average Bonchev–Trinajstić information content (AvgIpc) is 3.16. The topological polar surface area (TPSA) is 119 Å². The van der Waals surface area contributed by atoms with Gasteiger partial charge in [0.15, 0.2) is 0 Å². The van der Waals surface area contributed by atoms with E-state index in [1.165, 1.54) is 11.1 Å². The Hall–Kier alpha value is -4.33. The quantitative estimate of drug-likeness (QED) is 0.523. The van der Waals surface area contributed by atoms with Gasteiger partial charge in [0, 0.05) is 41.9 Å². The van der Waals surface area contributed by atoms with Crippen molar-refractivity contribution in [2.75, 3.05) is 5.32 Å². The number of amides is 3. The maximum absolute atomic E-state index is 13.0. The minimum absolute atomic E-state index is 0.0600. The molecule has 1 saturated heterocycles. The molecule has 0 saturated carbocycles. The molecule has 8 heteroatoms. The van der Waals surface area contributed by atoms with Crippen LogP contribution in [0.1, 0.15) is 40.2 Å². The Labute approximate surface area is 195 Å². The van der Waals surface area contributed by atoms with Gasteiger partial charge in [0.1, 0.15) is 17.6 Å². The number of hydrogen-bond donors (Lipinski definition) is 4. The van der Waals surface area contributed by atoms with Gasteiger partial charge in [-0.15, -0.1) is 0 Å². The van der Waals surface area contributed by atoms with Gasteiger partial charge in [-0.1, -0.05) is 36.4 Å². The molecule has 0 bridgehead atoms. The zero-order valence-corrected chi connectivity index (χ0v) is 18.2. The molecule has 1 fully saturated rings. The van der Waals surface area contributed by atoms with Crippen LogP contribution in [0.2, 0.25) is 0 Å². The van der Waals surface area contributed by atoms with E-state index in [0.717, 1.165) is 5.56 Å². The molecule has 34 heavy (non-hydrogen) atoms. The zero-order valence-electron chi connectivity index (χ0n) is 18.2. The van der Waals surface area contributed by atoms with Gasteiger partial charge in [0.25, 0.3) is 5.91 Å². The molecule has 2 heterocycles. The van der Waals surface area contributed by atoms with Gasteiger partial charge in [0.05, 0.1) is 5.57 Å². The van der Waals surface area contributed by atoms with Gasteiger partial charge in [-0.05, 0) is 36.3 Å². The first-order valence-corrected chi connectivity index (χ1v) is 11.0. The van der Waals surface area contributed by atoms with Crippen LogP contribution in [-0.4, -0.2) is 38.9 Å². The van der Waals surface area contributed by atoms with Crippen LogP contribution in [0, 0.1) is 0 Å². The standard InChI is InChI=1S/C26H23N3O5/c30-22-11-16(15-5-2-1-3-6-15)12-23(31)18(22)13-27-20-8-4-7-17-19(20)14-29(26(17)34)21-9-10-24(32)28-25(21)33/h1-8,11-13,16,21,27,30-31H,9-10,14H2,(H,28,32,33). The molecule has 0 spiro atoms. The lowest BCUT2D eigenvalue weighted by Gasteiger charge is -2.29. The monoisotopic (exact) mass is 457 g/mol. The van der Waals surface area contributed by atoms with E-state index in [9.17, 15) is 24.6 Å². The molecule has 0 radical (unpaired) electrons. The largest absolute Gasteiger partial charge is 0.507 e. The molecule has 1 atom stereocenters. The number of carbonyl (C=O) groups is 3. The number of nitrogens with one attached hydrogen (secondary N) is 2. The highest BCUT2D eigenvalue weighted by atomic mass is 16.3. The number of nitrogens with zero attached hydrogens (tertiary/aromatic N) is 1. The molecule has 1 aliphatic carbocycles. The lowest BCUT2D eigenvalue weighted by atomic mass is 9.91. The first kappa shape index (κ1) is 21.5. The summed E-state index contributed by atoms with van der Waals surface area (Å²) in [7, 11) is 0. The van der Waals surface area contributed by atoms with Gasteiger partial charge in [-0.25, -0.2) is 0 Å². The van der Waals surface area contributed by atoms with Crippen molar-refractivity contribution >= 4 is 23.4 Å². The zero-order chi connectivity index (χ0) is 23.8. The lowest BCUT2D eigenvalue weighted by molar-refractivity contribution is -0.136. The molecule has 3 aliphatic rings. The number of allylic oxidation sites excluding steroid dienone is 2. The first-order valence-electron chi connectivity index (χ1n) is 11.0. The van der Waals surface area contributed by atoms with Crippen molar-refractivity contribution in [1.29, 1.82) is 0 Å².